The van der Waals surface area contributed by atoms with Crippen molar-refractivity contribution in [1.29, 1.82) is 0 Å². The number of amides is 1. The Hall–Kier alpha value is -2.45. The molecule has 1 amide bonds. The van der Waals surface area contributed by atoms with Crippen molar-refractivity contribution in [2.24, 2.45) is 0 Å². The lowest BCUT2D eigenvalue weighted by atomic mass is 10.2. The molecule has 3 rings (SSSR count). The van der Waals surface area contributed by atoms with Crippen LogP contribution in [0, 0.1) is 0 Å². The van der Waals surface area contributed by atoms with Crippen LogP contribution in [0.1, 0.15) is 10.4 Å². The molecule has 0 bridgehead atoms. The van der Waals surface area contributed by atoms with Gasteiger partial charge in [0.2, 0.25) is 0 Å². The van der Waals surface area contributed by atoms with Crippen molar-refractivity contribution in [2.75, 3.05) is 36.5 Å². The number of ether oxygens (including phenoxy) is 2. The van der Waals surface area contributed by atoms with Crippen LogP contribution in [-0.4, -0.2) is 43.8 Å². The van der Waals surface area contributed by atoms with Gasteiger partial charge < -0.3 is 19.7 Å². The fourth-order valence-corrected chi connectivity index (χ4v) is 2.70. The van der Waals surface area contributed by atoms with Crippen LogP contribution in [0.5, 0.6) is 5.75 Å². The Labute approximate surface area is 153 Å². The summed E-state index contributed by atoms with van der Waals surface area (Å²) in [6, 6.07) is 7.48. The highest BCUT2D eigenvalue weighted by Gasteiger charge is 2.14. The van der Waals surface area contributed by atoms with Crippen LogP contribution in [0.15, 0.2) is 36.5 Å². The van der Waals surface area contributed by atoms with Crippen molar-refractivity contribution in [1.82, 2.24) is 4.98 Å². The molecular weight excluding hydrogens is 368 g/mol. The predicted molar refractivity (Wildman–Crippen MR) is 93.3 cm³/mol. The molecule has 1 aromatic heterocycles. The summed E-state index contributed by atoms with van der Waals surface area (Å²) >= 11 is 5.87. The minimum absolute atomic E-state index is 0.0242. The Morgan fingerprint density at radius 3 is 2.65 bits per heavy atom. The van der Waals surface area contributed by atoms with Crippen LogP contribution in [0.2, 0.25) is 5.02 Å². The first kappa shape index (κ1) is 18.3. The number of halogens is 3. The highest BCUT2D eigenvalue weighted by Crippen LogP contribution is 2.29. The quantitative estimate of drug-likeness (QED) is 0.857. The van der Waals surface area contributed by atoms with Crippen molar-refractivity contribution in [3.63, 3.8) is 0 Å². The summed E-state index contributed by atoms with van der Waals surface area (Å²) in [5.74, 6) is 0.238. The molecule has 0 saturated carbocycles. The molecule has 138 valence electrons. The molecule has 2 aromatic rings. The maximum absolute atomic E-state index is 12.3. The van der Waals surface area contributed by atoms with E-state index in [1.807, 2.05) is 0 Å². The van der Waals surface area contributed by atoms with Gasteiger partial charge in [0.05, 0.1) is 23.8 Å². The molecule has 1 aliphatic heterocycles. The lowest BCUT2D eigenvalue weighted by Crippen LogP contribution is -2.36. The molecule has 0 unspecified atom stereocenters. The summed E-state index contributed by atoms with van der Waals surface area (Å²) in [7, 11) is 0. The van der Waals surface area contributed by atoms with E-state index in [-0.39, 0.29) is 16.7 Å². The largest absolute Gasteiger partial charge is 0.433 e. The second-order valence-electron chi connectivity index (χ2n) is 5.48. The molecule has 0 atom stereocenters. The second-order valence-corrected chi connectivity index (χ2v) is 5.89. The summed E-state index contributed by atoms with van der Waals surface area (Å²) in [5.41, 5.74) is 0.727. The minimum atomic E-state index is -2.97. The molecule has 1 fully saturated rings. The van der Waals surface area contributed by atoms with Crippen molar-refractivity contribution in [2.45, 2.75) is 6.61 Å². The van der Waals surface area contributed by atoms with E-state index in [1.165, 1.54) is 24.4 Å². The van der Waals surface area contributed by atoms with E-state index in [2.05, 4.69) is 19.9 Å². The first-order valence-corrected chi connectivity index (χ1v) is 8.25. The fraction of sp³-hybridized carbons (Fsp3) is 0.294. The van der Waals surface area contributed by atoms with E-state index >= 15 is 0 Å². The van der Waals surface area contributed by atoms with Gasteiger partial charge in [-0.3, -0.25) is 4.79 Å². The molecule has 0 spiro atoms. The minimum Gasteiger partial charge on any atom is -0.433 e. The SMILES string of the molecule is O=C(Nc1ccc(OC(F)F)c(Cl)c1)c1ccc(N2CCOCC2)nc1. The van der Waals surface area contributed by atoms with E-state index < -0.39 is 6.61 Å². The van der Waals surface area contributed by atoms with E-state index in [4.69, 9.17) is 16.3 Å². The van der Waals surface area contributed by atoms with Crippen LogP contribution in [0.4, 0.5) is 20.3 Å². The number of benzene rings is 1. The Morgan fingerprint density at radius 1 is 1.27 bits per heavy atom. The Balaban J connectivity index is 1.65. The monoisotopic (exact) mass is 383 g/mol. The number of alkyl halides is 2. The Morgan fingerprint density at radius 2 is 2.04 bits per heavy atom. The van der Waals surface area contributed by atoms with E-state index in [0.29, 0.717) is 24.5 Å². The number of pyridine rings is 1. The van der Waals surface area contributed by atoms with Gasteiger partial charge in [-0.25, -0.2) is 4.98 Å². The number of rotatable bonds is 5. The Bertz CT molecular complexity index is 768. The molecule has 1 aromatic carbocycles. The standard InChI is InChI=1S/C17H16ClF2N3O3/c18-13-9-12(2-3-14(13)26-17(19)20)22-16(24)11-1-4-15(21-10-11)23-5-7-25-8-6-23/h1-4,9-10,17H,5-8H2,(H,22,24). The maximum atomic E-state index is 12.3. The summed E-state index contributed by atoms with van der Waals surface area (Å²) in [4.78, 5) is 18.7. The van der Waals surface area contributed by atoms with E-state index in [0.717, 1.165) is 18.9 Å². The zero-order chi connectivity index (χ0) is 18.5. The zero-order valence-electron chi connectivity index (χ0n) is 13.6. The van der Waals surface area contributed by atoms with Crippen LogP contribution >= 0.6 is 11.6 Å². The van der Waals surface area contributed by atoms with Gasteiger partial charge in [-0.1, -0.05) is 11.6 Å². The van der Waals surface area contributed by atoms with Gasteiger partial charge in [0.1, 0.15) is 11.6 Å². The molecule has 9 heteroatoms. The average molecular weight is 384 g/mol. The molecule has 0 radical (unpaired) electrons. The van der Waals surface area contributed by atoms with Crippen LogP contribution < -0.4 is 15.0 Å². The summed E-state index contributed by atoms with van der Waals surface area (Å²) in [5, 5.41) is 2.61. The van der Waals surface area contributed by atoms with Gasteiger partial charge >= 0.3 is 6.61 Å². The van der Waals surface area contributed by atoms with Crippen molar-refractivity contribution >= 4 is 29.0 Å². The molecule has 1 saturated heterocycles. The molecule has 0 aliphatic carbocycles. The topological polar surface area (TPSA) is 63.7 Å². The third-order valence-corrected chi connectivity index (χ3v) is 4.05. The summed E-state index contributed by atoms with van der Waals surface area (Å²) in [6.07, 6.45) is 1.48. The normalized spacial score (nSPS) is 14.4. The van der Waals surface area contributed by atoms with Crippen LogP contribution in [0.25, 0.3) is 0 Å². The number of aromatic nitrogens is 1. The Kier molecular flexibility index (Phi) is 5.85. The van der Waals surface area contributed by atoms with Gasteiger partial charge in [-0.05, 0) is 30.3 Å². The maximum Gasteiger partial charge on any atom is 0.387 e. The zero-order valence-corrected chi connectivity index (χ0v) is 14.4. The third-order valence-electron chi connectivity index (χ3n) is 3.75. The van der Waals surface area contributed by atoms with Crippen molar-refractivity contribution < 1.29 is 23.0 Å². The van der Waals surface area contributed by atoms with Gasteiger partial charge in [0, 0.05) is 25.0 Å². The highest BCUT2D eigenvalue weighted by molar-refractivity contribution is 6.32. The number of morpholine rings is 1. The fourth-order valence-electron chi connectivity index (χ4n) is 2.47. The van der Waals surface area contributed by atoms with E-state index in [1.54, 1.807) is 12.1 Å². The number of hydrogen-bond donors (Lipinski definition) is 1. The van der Waals surface area contributed by atoms with Crippen molar-refractivity contribution in [3.8, 4) is 5.75 Å². The summed E-state index contributed by atoms with van der Waals surface area (Å²) in [6.45, 7) is -0.163. The van der Waals surface area contributed by atoms with Crippen LogP contribution in [-0.2, 0) is 4.74 Å². The molecule has 1 aliphatic rings. The molecule has 6 nitrogen and oxygen atoms in total. The first-order valence-electron chi connectivity index (χ1n) is 7.87. The van der Waals surface area contributed by atoms with Crippen molar-refractivity contribution in [3.05, 3.63) is 47.1 Å². The number of nitrogens with zero attached hydrogens (tertiary/aromatic N) is 2. The van der Waals surface area contributed by atoms with Gasteiger partial charge in [-0.15, -0.1) is 0 Å². The average Bonchev–Trinajstić information content (AvgIpc) is 2.64. The lowest BCUT2D eigenvalue weighted by molar-refractivity contribution is -0.0497. The van der Waals surface area contributed by atoms with Crippen LogP contribution in [0.3, 0.4) is 0 Å². The summed E-state index contributed by atoms with van der Waals surface area (Å²) < 4.78 is 34.0. The molecule has 2 heterocycles. The predicted octanol–water partition coefficient (Wildman–Crippen LogP) is 3.43. The number of anilines is 2. The van der Waals surface area contributed by atoms with E-state index in [9.17, 15) is 13.6 Å². The number of nitrogens with one attached hydrogen (secondary N) is 1. The number of carbonyl (C=O) groups is 1. The lowest BCUT2D eigenvalue weighted by Gasteiger charge is -2.27. The molecule has 26 heavy (non-hydrogen) atoms. The first-order chi connectivity index (χ1) is 12.5. The van der Waals surface area contributed by atoms with Gasteiger partial charge in [0.15, 0.2) is 0 Å². The van der Waals surface area contributed by atoms with Gasteiger partial charge in [0.25, 0.3) is 5.91 Å². The highest BCUT2D eigenvalue weighted by atomic mass is 35.5. The molecular formula is C17H16ClF2N3O3. The third kappa shape index (κ3) is 4.59. The second kappa shape index (κ2) is 8.29. The smallest absolute Gasteiger partial charge is 0.387 e. The number of carbonyl (C=O) groups excluding carboxylic acids is 1. The van der Waals surface area contributed by atoms with Gasteiger partial charge in [-0.2, -0.15) is 8.78 Å². The molecule has 1 N–H and O–H groups in total. The number of hydrogen-bond acceptors (Lipinski definition) is 5.